The maximum absolute atomic E-state index is 13.0. The van der Waals surface area contributed by atoms with Crippen LogP contribution in [0, 0.1) is 0 Å². The minimum absolute atomic E-state index is 0.0652. The van der Waals surface area contributed by atoms with E-state index in [2.05, 4.69) is 5.32 Å². The molecule has 3 rings (SSSR count). The summed E-state index contributed by atoms with van der Waals surface area (Å²) in [5.41, 5.74) is 7.00. The summed E-state index contributed by atoms with van der Waals surface area (Å²) in [6, 6.07) is 14.4. The van der Waals surface area contributed by atoms with Gasteiger partial charge in [0.15, 0.2) is 0 Å². The molecule has 0 saturated heterocycles. The van der Waals surface area contributed by atoms with Crippen molar-refractivity contribution >= 4 is 40.9 Å². The molecule has 1 aliphatic rings. The van der Waals surface area contributed by atoms with Crippen LogP contribution in [0.25, 0.3) is 0 Å². The minimum atomic E-state index is -0.471. The van der Waals surface area contributed by atoms with Gasteiger partial charge >= 0.3 is 0 Å². The van der Waals surface area contributed by atoms with Gasteiger partial charge in [0, 0.05) is 29.1 Å². The molecule has 2 aromatic rings. The van der Waals surface area contributed by atoms with Crippen LogP contribution in [0.2, 0.25) is 0 Å². The van der Waals surface area contributed by atoms with Gasteiger partial charge in [0.2, 0.25) is 11.8 Å². The van der Waals surface area contributed by atoms with E-state index in [9.17, 15) is 14.4 Å². The van der Waals surface area contributed by atoms with Crippen LogP contribution >= 0.6 is 11.8 Å². The Morgan fingerprint density at radius 2 is 1.92 bits per heavy atom. The summed E-state index contributed by atoms with van der Waals surface area (Å²) in [7, 11) is 0. The molecule has 3 N–H and O–H groups in total. The lowest BCUT2D eigenvalue weighted by Gasteiger charge is -2.25. The molecule has 0 aliphatic carbocycles. The lowest BCUT2D eigenvalue weighted by molar-refractivity contribution is -0.118. The van der Waals surface area contributed by atoms with Gasteiger partial charge in [0.05, 0.1) is 10.9 Å². The number of thioether (sulfide) groups is 1. The van der Waals surface area contributed by atoms with E-state index < -0.39 is 5.91 Å². The monoisotopic (exact) mass is 369 g/mol. The Kier molecular flexibility index (Phi) is 5.27. The molecule has 0 aromatic heterocycles. The molecule has 0 fully saturated rings. The number of benzene rings is 2. The molecule has 1 heterocycles. The highest BCUT2D eigenvalue weighted by molar-refractivity contribution is 8.00. The first-order valence-corrected chi connectivity index (χ1v) is 9.10. The third kappa shape index (κ3) is 3.88. The minimum Gasteiger partial charge on any atom is -0.370 e. The van der Waals surface area contributed by atoms with E-state index in [0.29, 0.717) is 16.9 Å². The molecule has 7 heteroatoms. The number of rotatable bonds is 5. The van der Waals surface area contributed by atoms with E-state index in [4.69, 9.17) is 5.73 Å². The molecular formula is C19H19N3O3S. The Labute approximate surface area is 155 Å². The fraction of sp³-hybridized carbons (Fsp3) is 0.211. The highest BCUT2D eigenvalue weighted by Crippen LogP contribution is 2.36. The second-order valence-electron chi connectivity index (χ2n) is 5.97. The number of para-hydroxylation sites is 1. The van der Waals surface area contributed by atoms with Crippen LogP contribution in [0.1, 0.15) is 23.7 Å². The smallest absolute Gasteiger partial charge is 0.258 e. The molecule has 3 amide bonds. The second-order valence-corrected chi connectivity index (χ2v) is 7.35. The predicted octanol–water partition coefficient (Wildman–Crippen LogP) is 2.64. The topological polar surface area (TPSA) is 92.5 Å². The van der Waals surface area contributed by atoms with Gasteiger partial charge in [-0.05, 0) is 37.3 Å². The number of primary amides is 1. The van der Waals surface area contributed by atoms with Crippen molar-refractivity contribution in [3.05, 3.63) is 54.1 Å². The lowest BCUT2D eigenvalue weighted by atomic mass is 10.1. The molecular weight excluding hydrogens is 350 g/mol. The third-order valence-electron chi connectivity index (χ3n) is 4.05. The van der Waals surface area contributed by atoms with Crippen molar-refractivity contribution in [1.29, 1.82) is 0 Å². The molecule has 1 aliphatic heterocycles. The standard InChI is InChI=1S/C19H19N3O3S/c1-12-18(24)21-15-11-13(7-8-16(15)26-12)19(25)22(10-9-17(20)23)14-5-3-2-4-6-14/h2-8,11-12H,9-10H2,1H3,(H2,20,23)(H,21,24). The average Bonchev–Trinajstić information content (AvgIpc) is 2.63. The highest BCUT2D eigenvalue weighted by atomic mass is 32.2. The summed E-state index contributed by atoms with van der Waals surface area (Å²) in [5.74, 6) is -0.805. The van der Waals surface area contributed by atoms with Gasteiger partial charge < -0.3 is 16.0 Å². The number of nitrogens with zero attached hydrogens (tertiary/aromatic N) is 1. The summed E-state index contributed by atoms with van der Waals surface area (Å²) >= 11 is 1.46. The van der Waals surface area contributed by atoms with Crippen LogP contribution in [0.15, 0.2) is 53.4 Å². The van der Waals surface area contributed by atoms with E-state index in [1.807, 2.05) is 31.2 Å². The zero-order chi connectivity index (χ0) is 18.7. The van der Waals surface area contributed by atoms with E-state index in [1.54, 1.807) is 24.3 Å². The van der Waals surface area contributed by atoms with Gasteiger partial charge in [0.25, 0.3) is 5.91 Å². The lowest BCUT2D eigenvalue weighted by Crippen LogP contribution is -2.34. The first-order chi connectivity index (χ1) is 12.5. The molecule has 26 heavy (non-hydrogen) atoms. The quantitative estimate of drug-likeness (QED) is 0.847. The van der Waals surface area contributed by atoms with E-state index in [1.165, 1.54) is 16.7 Å². The van der Waals surface area contributed by atoms with Crippen LogP contribution in [0.3, 0.4) is 0 Å². The fourth-order valence-electron chi connectivity index (χ4n) is 2.68. The number of nitrogens with one attached hydrogen (secondary N) is 1. The van der Waals surface area contributed by atoms with Gasteiger partial charge in [0.1, 0.15) is 0 Å². The van der Waals surface area contributed by atoms with Crippen LogP contribution in [0.4, 0.5) is 11.4 Å². The Morgan fingerprint density at radius 1 is 1.19 bits per heavy atom. The summed E-state index contributed by atoms with van der Waals surface area (Å²) in [5, 5.41) is 2.66. The van der Waals surface area contributed by atoms with E-state index in [-0.39, 0.29) is 30.0 Å². The van der Waals surface area contributed by atoms with Crippen LogP contribution < -0.4 is 16.0 Å². The Hall–Kier alpha value is -2.80. The Morgan fingerprint density at radius 3 is 2.62 bits per heavy atom. The summed E-state index contributed by atoms with van der Waals surface area (Å²) < 4.78 is 0. The van der Waals surface area contributed by atoms with Crippen molar-refractivity contribution in [1.82, 2.24) is 0 Å². The highest BCUT2D eigenvalue weighted by Gasteiger charge is 2.25. The zero-order valence-corrected chi connectivity index (χ0v) is 15.1. The van der Waals surface area contributed by atoms with Crippen LogP contribution in [-0.2, 0) is 9.59 Å². The summed E-state index contributed by atoms with van der Waals surface area (Å²) in [4.78, 5) is 38.6. The van der Waals surface area contributed by atoms with Gasteiger partial charge in [-0.25, -0.2) is 0 Å². The average molecular weight is 369 g/mol. The molecule has 0 spiro atoms. The number of carbonyl (C=O) groups is 3. The molecule has 0 saturated carbocycles. The summed E-state index contributed by atoms with van der Waals surface area (Å²) in [6.45, 7) is 2.02. The molecule has 0 bridgehead atoms. The largest absolute Gasteiger partial charge is 0.370 e. The first kappa shape index (κ1) is 18.0. The molecule has 6 nitrogen and oxygen atoms in total. The Bertz CT molecular complexity index is 854. The van der Waals surface area contributed by atoms with Crippen molar-refractivity contribution in [2.75, 3.05) is 16.8 Å². The van der Waals surface area contributed by atoms with Gasteiger partial charge in [-0.1, -0.05) is 18.2 Å². The predicted molar refractivity (Wildman–Crippen MR) is 102 cm³/mol. The normalized spacial score (nSPS) is 15.7. The number of nitrogens with two attached hydrogens (primary N) is 1. The number of hydrogen-bond donors (Lipinski definition) is 2. The molecule has 134 valence electrons. The van der Waals surface area contributed by atoms with E-state index >= 15 is 0 Å². The number of amides is 3. The number of carbonyl (C=O) groups excluding carboxylic acids is 3. The van der Waals surface area contributed by atoms with Gasteiger partial charge in [-0.2, -0.15) is 0 Å². The maximum atomic E-state index is 13.0. The molecule has 1 unspecified atom stereocenters. The van der Waals surface area contributed by atoms with Gasteiger partial charge in [-0.15, -0.1) is 11.8 Å². The van der Waals surface area contributed by atoms with E-state index in [0.717, 1.165) is 4.90 Å². The van der Waals surface area contributed by atoms with Gasteiger partial charge in [-0.3, -0.25) is 14.4 Å². The number of fused-ring (bicyclic) bond motifs is 1. The summed E-state index contributed by atoms with van der Waals surface area (Å²) in [6.07, 6.45) is 0.0652. The molecule has 0 radical (unpaired) electrons. The van der Waals surface area contributed by atoms with Crippen LogP contribution in [-0.4, -0.2) is 29.5 Å². The SMILES string of the molecule is CC1Sc2ccc(C(=O)N(CCC(N)=O)c3ccccc3)cc2NC1=O. The number of anilines is 2. The molecule has 1 atom stereocenters. The third-order valence-corrected chi connectivity index (χ3v) is 5.23. The van der Waals surface area contributed by atoms with Crippen molar-refractivity contribution < 1.29 is 14.4 Å². The number of hydrogen-bond acceptors (Lipinski definition) is 4. The zero-order valence-electron chi connectivity index (χ0n) is 14.3. The van der Waals surface area contributed by atoms with Crippen molar-refractivity contribution in [2.45, 2.75) is 23.5 Å². The second kappa shape index (κ2) is 7.61. The maximum Gasteiger partial charge on any atom is 0.258 e. The van der Waals surface area contributed by atoms with Crippen molar-refractivity contribution in [3.63, 3.8) is 0 Å². The molecule has 2 aromatic carbocycles. The van der Waals surface area contributed by atoms with Crippen molar-refractivity contribution in [2.24, 2.45) is 5.73 Å². The fourth-order valence-corrected chi connectivity index (χ4v) is 3.61. The Balaban J connectivity index is 1.90. The van der Waals surface area contributed by atoms with Crippen molar-refractivity contribution in [3.8, 4) is 0 Å². The van der Waals surface area contributed by atoms with Crippen LogP contribution in [0.5, 0.6) is 0 Å². The first-order valence-electron chi connectivity index (χ1n) is 8.22.